The predicted molar refractivity (Wildman–Crippen MR) is 109 cm³/mol. The molecule has 0 saturated heterocycles. The van der Waals surface area contributed by atoms with Crippen LogP contribution in [0.3, 0.4) is 0 Å². The molecule has 162 valence electrons. The monoisotopic (exact) mass is 440 g/mol. The van der Waals surface area contributed by atoms with Crippen LogP contribution in [0, 0.1) is 17.8 Å². The van der Waals surface area contributed by atoms with Crippen molar-refractivity contribution in [2.75, 3.05) is 5.32 Å². The van der Waals surface area contributed by atoms with Crippen molar-refractivity contribution < 1.29 is 18.3 Å². The molecule has 0 aliphatic heterocycles. The molecule has 1 fully saturated rings. The maximum Gasteiger partial charge on any atom is 0.408 e. The Balaban J connectivity index is 1.71. The highest BCUT2D eigenvalue weighted by Crippen LogP contribution is 2.34. The van der Waals surface area contributed by atoms with Gasteiger partial charge in [0.25, 0.3) is 0 Å². The lowest BCUT2D eigenvalue weighted by molar-refractivity contribution is -0.142. The fourth-order valence-corrected chi connectivity index (χ4v) is 3.81. The maximum atomic E-state index is 12.5. The van der Waals surface area contributed by atoms with E-state index in [0.29, 0.717) is 16.3 Å². The van der Waals surface area contributed by atoms with Crippen molar-refractivity contribution in [3.63, 3.8) is 0 Å². The van der Waals surface area contributed by atoms with Crippen LogP contribution in [0.15, 0.2) is 24.7 Å². The Kier molecular flexibility index (Phi) is 6.63. The average molecular weight is 441 g/mol. The highest BCUT2D eigenvalue weighted by molar-refractivity contribution is 6.29. The standard InChI is InChI=1S/C21H24ClF3N4O/c1-20(2,30)16-5-7-17(8-6-16)28-18-9-19(22)26-11-15(18)4-3-14-10-27-29(12-14)13-21(23,24)25/h9-12,16-17,30H,5-8,13H2,1-2H3,(H,26,28). The van der Waals surface area contributed by atoms with Crippen molar-refractivity contribution in [1.82, 2.24) is 14.8 Å². The first-order chi connectivity index (χ1) is 14.0. The lowest BCUT2D eigenvalue weighted by Gasteiger charge is -2.36. The minimum Gasteiger partial charge on any atom is -0.390 e. The Morgan fingerprint density at radius 3 is 2.53 bits per heavy atom. The second-order valence-corrected chi connectivity index (χ2v) is 8.58. The molecular formula is C21H24ClF3N4O. The van der Waals surface area contributed by atoms with Crippen LogP contribution in [0.5, 0.6) is 0 Å². The van der Waals surface area contributed by atoms with E-state index in [2.05, 4.69) is 27.2 Å². The van der Waals surface area contributed by atoms with Crippen molar-refractivity contribution in [2.45, 2.75) is 63.9 Å². The summed E-state index contributed by atoms with van der Waals surface area (Å²) in [5.41, 5.74) is 1.04. The third-order valence-electron chi connectivity index (χ3n) is 5.27. The molecule has 0 unspecified atom stereocenters. The van der Waals surface area contributed by atoms with Gasteiger partial charge in [0.1, 0.15) is 11.7 Å². The molecule has 2 aromatic rings. The molecule has 2 aromatic heterocycles. The normalized spacial score (nSPS) is 19.8. The molecule has 0 spiro atoms. The van der Waals surface area contributed by atoms with Crippen molar-refractivity contribution in [3.8, 4) is 11.8 Å². The smallest absolute Gasteiger partial charge is 0.390 e. The number of anilines is 1. The Bertz CT molecular complexity index is 932. The van der Waals surface area contributed by atoms with Gasteiger partial charge in [0.05, 0.1) is 28.6 Å². The molecule has 9 heteroatoms. The van der Waals surface area contributed by atoms with E-state index in [9.17, 15) is 18.3 Å². The van der Waals surface area contributed by atoms with Gasteiger partial charge in [-0.1, -0.05) is 23.4 Å². The van der Waals surface area contributed by atoms with Crippen LogP contribution in [-0.4, -0.2) is 37.7 Å². The molecule has 0 atom stereocenters. The number of aliphatic hydroxyl groups is 1. The molecule has 2 N–H and O–H groups in total. The molecule has 1 aliphatic carbocycles. The molecule has 0 aromatic carbocycles. The van der Waals surface area contributed by atoms with Gasteiger partial charge in [-0.2, -0.15) is 18.3 Å². The van der Waals surface area contributed by atoms with Gasteiger partial charge in [0, 0.05) is 18.4 Å². The van der Waals surface area contributed by atoms with Crippen LogP contribution in [0.4, 0.5) is 18.9 Å². The molecule has 30 heavy (non-hydrogen) atoms. The van der Waals surface area contributed by atoms with E-state index < -0.39 is 18.3 Å². The number of alkyl halides is 3. The number of rotatable bonds is 4. The number of halogens is 4. The lowest BCUT2D eigenvalue weighted by Crippen LogP contribution is -2.37. The predicted octanol–water partition coefficient (Wildman–Crippen LogP) is 4.64. The van der Waals surface area contributed by atoms with Crippen molar-refractivity contribution >= 4 is 17.3 Å². The van der Waals surface area contributed by atoms with Crippen LogP contribution in [0.1, 0.15) is 50.7 Å². The summed E-state index contributed by atoms with van der Waals surface area (Å²) in [5, 5.41) is 17.7. The molecule has 1 aliphatic rings. The molecule has 1 saturated carbocycles. The first-order valence-corrected chi connectivity index (χ1v) is 10.1. The third-order valence-corrected chi connectivity index (χ3v) is 5.48. The minimum atomic E-state index is -4.34. The van der Waals surface area contributed by atoms with Crippen LogP contribution in [-0.2, 0) is 6.54 Å². The van der Waals surface area contributed by atoms with Crippen molar-refractivity contribution in [1.29, 1.82) is 0 Å². The highest BCUT2D eigenvalue weighted by Gasteiger charge is 2.31. The SMILES string of the molecule is CC(C)(O)C1CCC(Nc2cc(Cl)ncc2C#Cc2cnn(CC(F)(F)F)c2)CC1. The van der Waals surface area contributed by atoms with Gasteiger partial charge < -0.3 is 10.4 Å². The summed E-state index contributed by atoms with van der Waals surface area (Å²) in [7, 11) is 0. The number of hydrogen-bond donors (Lipinski definition) is 2. The summed E-state index contributed by atoms with van der Waals surface area (Å²) in [5.74, 6) is 6.05. The van der Waals surface area contributed by atoms with Crippen LogP contribution in [0.2, 0.25) is 5.15 Å². The third kappa shape index (κ3) is 6.38. The molecular weight excluding hydrogens is 417 g/mol. The summed E-state index contributed by atoms with van der Waals surface area (Å²) in [6, 6.07) is 1.91. The Labute approximate surface area is 178 Å². The summed E-state index contributed by atoms with van der Waals surface area (Å²) >= 11 is 6.05. The molecule has 2 heterocycles. The first-order valence-electron chi connectivity index (χ1n) is 9.75. The number of hydrogen-bond acceptors (Lipinski definition) is 4. The van der Waals surface area contributed by atoms with E-state index in [1.165, 1.54) is 12.4 Å². The topological polar surface area (TPSA) is 63.0 Å². The number of nitrogens with zero attached hydrogens (tertiary/aromatic N) is 3. The second kappa shape index (κ2) is 8.86. The Morgan fingerprint density at radius 2 is 1.90 bits per heavy atom. The highest BCUT2D eigenvalue weighted by atomic mass is 35.5. The van der Waals surface area contributed by atoms with E-state index in [1.54, 1.807) is 12.3 Å². The van der Waals surface area contributed by atoms with Gasteiger partial charge >= 0.3 is 6.18 Å². The van der Waals surface area contributed by atoms with Crippen LogP contribution < -0.4 is 5.32 Å². The fraction of sp³-hybridized carbons (Fsp3) is 0.524. The Hall–Kier alpha value is -2.24. The molecule has 0 amide bonds. The van der Waals surface area contributed by atoms with Crippen LogP contribution in [0.25, 0.3) is 0 Å². The van der Waals surface area contributed by atoms with Gasteiger partial charge in [-0.15, -0.1) is 0 Å². The number of pyridine rings is 1. The van der Waals surface area contributed by atoms with Crippen molar-refractivity contribution in [3.05, 3.63) is 40.9 Å². The zero-order valence-electron chi connectivity index (χ0n) is 16.8. The van der Waals surface area contributed by atoms with Crippen molar-refractivity contribution in [2.24, 2.45) is 5.92 Å². The number of nitrogens with one attached hydrogen (secondary N) is 1. The molecule has 0 bridgehead atoms. The molecule has 5 nitrogen and oxygen atoms in total. The molecule has 0 radical (unpaired) electrons. The van der Waals surface area contributed by atoms with E-state index in [0.717, 1.165) is 36.1 Å². The summed E-state index contributed by atoms with van der Waals surface area (Å²) in [4.78, 5) is 4.06. The fourth-order valence-electron chi connectivity index (χ4n) is 3.65. The van der Waals surface area contributed by atoms with Crippen LogP contribution >= 0.6 is 11.6 Å². The van der Waals surface area contributed by atoms with E-state index in [-0.39, 0.29) is 12.0 Å². The van der Waals surface area contributed by atoms with Gasteiger partial charge in [-0.25, -0.2) is 4.98 Å². The first kappa shape index (κ1) is 22.4. The largest absolute Gasteiger partial charge is 0.408 e. The average Bonchev–Trinajstić information content (AvgIpc) is 3.06. The van der Waals surface area contributed by atoms with Gasteiger partial charge in [0.2, 0.25) is 0 Å². The van der Waals surface area contributed by atoms with Gasteiger partial charge in [-0.05, 0) is 51.5 Å². The zero-order valence-corrected chi connectivity index (χ0v) is 17.6. The summed E-state index contributed by atoms with van der Waals surface area (Å²) in [6.45, 7) is 2.54. The quantitative estimate of drug-likeness (QED) is 0.537. The molecule has 3 rings (SSSR count). The van der Waals surface area contributed by atoms with E-state index in [1.807, 2.05) is 13.8 Å². The maximum absolute atomic E-state index is 12.5. The van der Waals surface area contributed by atoms with Gasteiger partial charge in [-0.3, -0.25) is 4.68 Å². The van der Waals surface area contributed by atoms with E-state index >= 15 is 0 Å². The summed E-state index contributed by atoms with van der Waals surface area (Å²) < 4.78 is 38.2. The van der Waals surface area contributed by atoms with E-state index in [4.69, 9.17) is 11.6 Å². The second-order valence-electron chi connectivity index (χ2n) is 8.19. The summed E-state index contributed by atoms with van der Waals surface area (Å²) in [6.07, 6.45) is 3.41. The lowest BCUT2D eigenvalue weighted by atomic mass is 9.77. The number of aromatic nitrogens is 3. The Morgan fingerprint density at radius 1 is 1.20 bits per heavy atom. The zero-order chi connectivity index (χ0) is 21.9. The minimum absolute atomic E-state index is 0.220. The van der Waals surface area contributed by atoms with Gasteiger partial charge in [0.15, 0.2) is 0 Å².